The molecule has 0 saturated carbocycles. The van der Waals surface area contributed by atoms with Crippen LogP contribution in [0.3, 0.4) is 0 Å². The summed E-state index contributed by atoms with van der Waals surface area (Å²) in [7, 11) is -3.83. The highest BCUT2D eigenvalue weighted by Crippen LogP contribution is 2.17. The predicted molar refractivity (Wildman–Crippen MR) is 67.4 cm³/mol. The zero-order valence-corrected chi connectivity index (χ0v) is 10.4. The zero-order valence-electron chi connectivity index (χ0n) is 9.54. The number of hydrogen-bond acceptors (Lipinski definition) is 4. The summed E-state index contributed by atoms with van der Waals surface area (Å²) < 4.78 is 28.8. The Morgan fingerprint density at radius 1 is 1.11 bits per heavy atom. The molecule has 0 saturated heterocycles. The molecule has 0 aliphatic rings. The lowest BCUT2D eigenvalue weighted by atomic mass is 10.2. The Bertz CT molecular complexity index is 606. The highest BCUT2D eigenvalue weighted by atomic mass is 32.2. The van der Waals surface area contributed by atoms with Crippen molar-refractivity contribution in [1.29, 1.82) is 0 Å². The van der Waals surface area contributed by atoms with Gasteiger partial charge in [-0.2, -0.15) is 8.42 Å². The van der Waals surface area contributed by atoms with Crippen molar-refractivity contribution in [2.24, 2.45) is 5.73 Å². The fourth-order valence-electron chi connectivity index (χ4n) is 1.37. The van der Waals surface area contributed by atoms with E-state index in [-0.39, 0.29) is 10.6 Å². The summed E-state index contributed by atoms with van der Waals surface area (Å²) in [6, 6.07) is 15.6. The molecule has 5 heteroatoms. The van der Waals surface area contributed by atoms with E-state index in [2.05, 4.69) is 6.07 Å². The van der Waals surface area contributed by atoms with Crippen molar-refractivity contribution in [2.75, 3.05) is 0 Å². The quantitative estimate of drug-likeness (QED) is 0.852. The second-order valence-electron chi connectivity index (χ2n) is 3.62. The fraction of sp³-hybridized carbons (Fsp3) is 0.0769. The molecule has 2 rings (SSSR count). The lowest BCUT2D eigenvalue weighted by Gasteiger charge is -2.06. The van der Waals surface area contributed by atoms with Crippen LogP contribution in [0, 0.1) is 6.07 Å². The van der Waals surface area contributed by atoms with E-state index >= 15 is 0 Å². The molecule has 93 valence electrons. The Kier molecular flexibility index (Phi) is 3.64. The van der Waals surface area contributed by atoms with Crippen molar-refractivity contribution in [1.82, 2.24) is 0 Å². The van der Waals surface area contributed by atoms with Crippen molar-refractivity contribution in [2.45, 2.75) is 11.4 Å². The van der Waals surface area contributed by atoms with Gasteiger partial charge in [-0.1, -0.05) is 24.3 Å². The highest BCUT2D eigenvalue weighted by Gasteiger charge is 2.16. The Hall–Kier alpha value is -1.85. The van der Waals surface area contributed by atoms with E-state index in [1.54, 1.807) is 42.5 Å². The normalized spacial score (nSPS) is 11.2. The SMILES string of the molecule is NCc1c[c]c(S(=O)(=O)Oc2ccccc2)cc1. The van der Waals surface area contributed by atoms with Gasteiger partial charge in [0.2, 0.25) is 0 Å². The molecule has 2 aromatic carbocycles. The van der Waals surface area contributed by atoms with Gasteiger partial charge < -0.3 is 9.92 Å². The molecule has 0 atom stereocenters. The standard InChI is InChI=1S/C13H12NO3S/c14-10-11-6-8-13(9-7-11)18(15,16)17-12-4-2-1-3-5-12/h1-8H,10,14H2. The molecule has 1 radical (unpaired) electrons. The molecule has 0 heterocycles. The molecular formula is C13H12NO3S. The van der Waals surface area contributed by atoms with Gasteiger partial charge in [0.05, 0.1) is 0 Å². The van der Waals surface area contributed by atoms with Crippen LogP contribution in [0.1, 0.15) is 5.56 Å². The van der Waals surface area contributed by atoms with Gasteiger partial charge in [0.25, 0.3) is 0 Å². The number of benzene rings is 2. The fourth-order valence-corrected chi connectivity index (χ4v) is 2.27. The van der Waals surface area contributed by atoms with Crippen LogP contribution in [0.2, 0.25) is 0 Å². The lowest BCUT2D eigenvalue weighted by molar-refractivity contribution is 0.486. The third-order valence-electron chi connectivity index (χ3n) is 2.30. The number of hydrogen-bond donors (Lipinski definition) is 1. The first-order valence-electron chi connectivity index (χ1n) is 5.32. The molecule has 2 aromatic rings. The minimum absolute atomic E-state index is 0.0106. The highest BCUT2D eigenvalue weighted by molar-refractivity contribution is 7.87. The van der Waals surface area contributed by atoms with E-state index in [0.29, 0.717) is 6.54 Å². The van der Waals surface area contributed by atoms with E-state index in [1.165, 1.54) is 6.07 Å². The molecule has 2 N–H and O–H groups in total. The van der Waals surface area contributed by atoms with E-state index in [1.807, 2.05) is 0 Å². The summed E-state index contributed by atoms with van der Waals surface area (Å²) in [6.07, 6.45) is 0. The van der Waals surface area contributed by atoms with Crippen molar-refractivity contribution in [3.8, 4) is 5.75 Å². The maximum Gasteiger partial charge on any atom is 0.339 e. The lowest BCUT2D eigenvalue weighted by Crippen LogP contribution is -2.10. The molecule has 0 bridgehead atoms. The second kappa shape index (κ2) is 5.20. The zero-order chi connectivity index (χ0) is 13.0. The first-order valence-corrected chi connectivity index (χ1v) is 6.73. The topological polar surface area (TPSA) is 69.4 Å². The van der Waals surface area contributed by atoms with Crippen LogP contribution in [0.5, 0.6) is 5.75 Å². The van der Waals surface area contributed by atoms with Crippen molar-refractivity contribution < 1.29 is 12.6 Å². The maximum absolute atomic E-state index is 11.9. The predicted octanol–water partition coefficient (Wildman–Crippen LogP) is 1.71. The third-order valence-corrected chi connectivity index (χ3v) is 3.51. The summed E-state index contributed by atoms with van der Waals surface area (Å²) >= 11 is 0. The van der Waals surface area contributed by atoms with Gasteiger partial charge in [-0.3, -0.25) is 0 Å². The van der Waals surface area contributed by atoms with Gasteiger partial charge >= 0.3 is 10.1 Å². The van der Waals surface area contributed by atoms with Crippen molar-refractivity contribution in [3.63, 3.8) is 0 Å². The van der Waals surface area contributed by atoms with E-state index < -0.39 is 10.1 Å². The van der Waals surface area contributed by atoms with Crippen LogP contribution in [-0.4, -0.2) is 8.42 Å². The number of para-hydroxylation sites is 1. The van der Waals surface area contributed by atoms with Crippen LogP contribution in [0.15, 0.2) is 53.4 Å². The molecule has 0 aliphatic heterocycles. The van der Waals surface area contributed by atoms with Gasteiger partial charge in [-0.25, -0.2) is 0 Å². The molecule has 0 unspecified atom stereocenters. The summed E-state index contributed by atoms with van der Waals surface area (Å²) in [4.78, 5) is -0.0106. The average Bonchev–Trinajstić information content (AvgIpc) is 2.39. The smallest absolute Gasteiger partial charge is 0.339 e. The third kappa shape index (κ3) is 2.88. The molecule has 0 aliphatic carbocycles. The van der Waals surface area contributed by atoms with Gasteiger partial charge in [0, 0.05) is 12.6 Å². The average molecular weight is 262 g/mol. The van der Waals surface area contributed by atoms with E-state index in [4.69, 9.17) is 9.92 Å². The van der Waals surface area contributed by atoms with Crippen molar-refractivity contribution in [3.05, 3.63) is 60.2 Å². The van der Waals surface area contributed by atoms with Crippen LogP contribution in [0.4, 0.5) is 0 Å². The van der Waals surface area contributed by atoms with Crippen molar-refractivity contribution >= 4 is 10.1 Å². The summed E-state index contributed by atoms with van der Waals surface area (Å²) in [6.45, 7) is 0.344. The largest absolute Gasteiger partial charge is 0.379 e. The number of rotatable bonds is 4. The molecule has 4 nitrogen and oxygen atoms in total. The minimum Gasteiger partial charge on any atom is -0.379 e. The van der Waals surface area contributed by atoms with Gasteiger partial charge in [-0.15, -0.1) is 0 Å². The molecule has 0 amide bonds. The Labute approximate surface area is 106 Å². The van der Waals surface area contributed by atoms with Gasteiger partial charge in [0.1, 0.15) is 10.6 Å². The molecule has 0 aromatic heterocycles. The van der Waals surface area contributed by atoms with Crippen LogP contribution in [-0.2, 0) is 16.7 Å². The van der Waals surface area contributed by atoms with E-state index in [9.17, 15) is 8.42 Å². The minimum atomic E-state index is -3.83. The molecule has 18 heavy (non-hydrogen) atoms. The van der Waals surface area contributed by atoms with Crippen LogP contribution < -0.4 is 9.92 Å². The molecular weight excluding hydrogens is 250 g/mol. The molecule has 0 spiro atoms. The van der Waals surface area contributed by atoms with Gasteiger partial charge in [0.15, 0.2) is 0 Å². The van der Waals surface area contributed by atoms with E-state index in [0.717, 1.165) is 5.56 Å². The maximum atomic E-state index is 11.9. The Morgan fingerprint density at radius 2 is 1.83 bits per heavy atom. The second-order valence-corrected chi connectivity index (χ2v) is 5.13. The summed E-state index contributed by atoms with van der Waals surface area (Å²) in [5, 5.41) is 0. The summed E-state index contributed by atoms with van der Waals surface area (Å²) in [5.74, 6) is 0.272. The summed E-state index contributed by atoms with van der Waals surface area (Å²) in [5.41, 5.74) is 6.25. The van der Waals surface area contributed by atoms with Gasteiger partial charge in [-0.05, 0) is 29.8 Å². The van der Waals surface area contributed by atoms with Crippen LogP contribution >= 0.6 is 0 Å². The number of nitrogens with two attached hydrogens (primary N) is 1. The Morgan fingerprint density at radius 3 is 2.39 bits per heavy atom. The first-order chi connectivity index (χ1) is 8.62. The first kappa shape index (κ1) is 12.6. The Balaban J connectivity index is 2.25. The monoisotopic (exact) mass is 262 g/mol. The molecule has 0 fully saturated rings. The van der Waals surface area contributed by atoms with Crippen LogP contribution in [0.25, 0.3) is 0 Å².